The normalized spacial score (nSPS) is 19.2. The Hall–Kier alpha value is -3.82. The molecule has 0 unspecified atom stereocenters. The Morgan fingerprint density at radius 2 is 1.09 bits per heavy atom. The van der Waals surface area contributed by atoms with Gasteiger partial charge in [0.05, 0.1) is 25.3 Å². The minimum atomic E-state index is -0.818. The Balaban J connectivity index is 1.95. The fourth-order valence-electron chi connectivity index (χ4n) is 4.86. The van der Waals surface area contributed by atoms with Crippen LogP contribution in [0, 0.1) is 0 Å². The van der Waals surface area contributed by atoms with Crippen molar-refractivity contribution in [1.29, 1.82) is 0 Å². The predicted molar refractivity (Wildman–Crippen MR) is 120 cm³/mol. The number of hydrogen-bond acceptors (Lipinski definition) is 8. The van der Waals surface area contributed by atoms with Crippen LogP contribution in [-0.4, -0.2) is 68.7 Å². The topological polar surface area (TPSA) is 140 Å². The van der Waals surface area contributed by atoms with E-state index < -0.39 is 24.3 Å². The zero-order valence-electron chi connectivity index (χ0n) is 19.0. The summed E-state index contributed by atoms with van der Waals surface area (Å²) in [6, 6.07) is 4.04. The van der Waals surface area contributed by atoms with Crippen molar-refractivity contribution in [2.24, 2.45) is 0 Å². The van der Waals surface area contributed by atoms with Crippen molar-refractivity contribution < 1.29 is 39.5 Å². The van der Waals surface area contributed by atoms with E-state index in [0.29, 0.717) is 35.1 Å². The minimum absolute atomic E-state index is 0.146. The third kappa shape index (κ3) is 4.00. The maximum atomic E-state index is 13.0. The highest BCUT2D eigenvalue weighted by Gasteiger charge is 2.45. The zero-order chi connectivity index (χ0) is 24.6. The maximum Gasteiger partial charge on any atom is 0.410 e. The molecular weight excluding hydrogens is 444 g/mol. The number of aromatic hydroxyl groups is 4. The number of phenolic OH excluding ortho intramolecular Hbond substituents is 4. The molecule has 2 atom stereocenters. The summed E-state index contributed by atoms with van der Waals surface area (Å²) in [5.74, 6) is -1.28. The molecule has 2 aromatic rings. The van der Waals surface area contributed by atoms with Crippen molar-refractivity contribution in [1.82, 2.24) is 9.80 Å². The average molecular weight is 472 g/mol. The van der Waals surface area contributed by atoms with Gasteiger partial charge in [0.15, 0.2) is 23.0 Å². The first-order valence-corrected chi connectivity index (χ1v) is 11.2. The van der Waals surface area contributed by atoms with Crippen molar-refractivity contribution >= 4 is 12.2 Å². The number of amides is 2. The molecule has 0 aromatic heterocycles. The van der Waals surface area contributed by atoms with Crippen LogP contribution in [0.2, 0.25) is 0 Å². The van der Waals surface area contributed by atoms with E-state index in [0.717, 1.165) is 0 Å². The Bertz CT molecular complexity index is 1030. The summed E-state index contributed by atoms with van der Waals surface area (Å²) in [6.45, 7) is 4.16. The highest BCUT2D eigenvalue weighted by atomic mass is 16.6. The Labute approximate surface area is 196 Å². The second kappa shape index (κ2) is 9.20. The summed E-state index contributed by atoms with van der Waals surface area (Å²) in [4.78, 5) is 29.0. The van der Waals surface area contributed by atoms with Crippen molar-refractivity contribution in [2.75, 3.05) is 26.3 Å². The van der Waals surface area contributed by atoms with Crippen LogP contribution in [0.5, 0.6) is 23.0 Å². The lowest BCUT2D eigenvalue weighted by atomic mass is 9.80. The Morgan fingerprint density at radius 3 is 1.44 bits per heavy atom. The number of nitrogens with zero attached hydrogens (tertiary/aromatic N) is 2. The first-order chi connectivity index (χ1) is 16.3. The fourth-order valence-corrected chi connectivity index (χ4v) is 4.86. The number of benzene rings is 2. The minimum Gasteiger partial charge on any atom is -0.504 e. The Morgan fingerprint density at radius 1 is 0.735 bits per heavy atom. The maximum absolute atomic E-state index is 13.0. The van der Waals surface area contributed by atoms with E-state index in [1.807, 2.05) is 0 Å². The first kappa shape index (κ1) is 23.3. The van der Waals surface area contributed by atoms with Crippen molar-refractivity contribution in [2.45, 2.75) is 38.8 Å². The van der Waals surface area contributed by atoms with Crippen LogP contribution in [0.25, 0.3) is 0 Å². The van der Waals surface area contributed by atoms with Crippen molar-refractivity contribution in [3.8, 4) is 23.0 Å². The summed E-state index contributed by atoms with van der Waals surface area (Å²) >= 11 is 0. The molecule has 0 spiro atoms. The van der Waals surface area contributed by atoms with E-state index in [-0.39, 0.29) is 49.3 Å². The third-order valence-corrected chi connectivity index (χ3v) is 6.33. The monoisotopic (exact) mass is 472 g/mol. The molecule has 10 heteroatoms. The number of hydrogen-bond donors (Lipinski definition) is 4. The summed E-state index contributed by atoms with van der Waals surface area (Å²) in [5.41, 5.74) is 2.49. The van der Waals surface area contributed by atoms with Gasteiger partial charge in [0.1, 0.15) is 0 Å². The highest BCUT2D eigenvalue weighted by molar-refractivity contribution is 5.72. The molecule has 0 saturated heterocycles. The van der Waals surface area contributed by atoms with Gasteiger partial charge >= 0.3 is 12.2 Å². The van der Waals surface area contributed by atoms with Crippen LogP contribution < -0.4 is 0 Å². The SMILES string of the molecule is CCOC(=O)N1CCc2cc(O)c(O)cc2[C@@H]1[C@@H]1c2cc(O)c(O)cc2CCN1C(=O)OCC. The second-order valence-corrected chi connectivity index (χ2v) is 8.25. The molecular formula is C24H28N2O8. The lowest BCUT2D eigenvalue weighted by molar-refractivity contribution is 0.0339. The quantitative estimate of drug-likeness (QED) is 0.499. The molecule has 10 nitrogen and oxygen atoms in total. The van der Waals surface area contributed by atoms with Crippen LogP contribution in [0.1, 0.15) is 48.2 Å². The van der Waals surface area contributed by atoms with Crippen LogP contribution in [0.15, 0.2) is 24.3 Å². The molecule has 2 aliphatic rings. The molecule has 2 amide bonds. The number of ether oxygens (including phenoxy) is 2. The lowest BCUT2D eigenvalue weighted by Gasteiger charge is -2.47. The predicted octanol–water partition coefficient (Wildman–Crippen LogP) is 3.32. The van der Waals surface area contributed by atoms with E-state index in [2.05, 4.69) is 0 Å². The van der Waals surface area contributed by atoms with Crippen LogP contribution in [-0.2, 0) is 22.3 Å². The fraction of sp³-hybridized carbons (Fsp3) is 0.417. The van der Waals surface area contributed by atoms with E-state index in [4.69, 9.17) is 9.47 Å². The molecule has 2 heterocycles. The summed E-state index contributed by atoms with van der Waals surface area (Å²) in [7, 11) is 0. The van der Waals surface area contributed by atoms with Gasteiger partial charge in [0.25, 0.3) is 0 Å². The molecule has 0 bridgehead atoms. The molecule has 2 aromatic carbocycles. The van der Waals surface area contributed by atoms with Gasteiger partial charge in [-0.1, -0.05) is 0 Å². The average Bonchev–Trinajstić information content (AvgIpc) is 2.80. The molecule has 34 heavy (non-hydrogen) atoms. The van der Waals surface area contributed by atoms with Crippen LogP contribution >= 0.6 is 0 Å². The van der Waals surface area contributed by atoms with Gasteiger partial charge in [0, 0.05) is 13.1 Å². The van der Waals surface area contributed by atoms with E-state index in [9.17, 15) is 30.0 Å². The van der Waals surface area contributed by atoms with Crippen LogP contribution in [0.3, 0.4) is 0 Å². The highest BCUT2D eigenvalue weighted by Crippen LogP contribution is 2.49. The smallest absolute Gasteiger partial charge is 0.410 e. The second-order valence-electron chi connectivity index (χ2n) is 8.25. The van der Waals surface area contributed by atoms with Crippen molar-refractivity contribution in [3.05, 3.63) is 46.5 Å². The molecule has 4 rings (SSSR count). The van der Waals surface area contributed by atoms with E-state index in [1.54, 1.807) is 13.8 Å². The number of phenols is 4. The molecule has 0 fully saturated rings. The lowest BCUT2D eigenvalue weighted by Crippen LogP contribution is -2.50. The number of fused-ring (bicyclic) bond motifs is 2. The summed E-state index contributed by atoms with van der Waals surface area (Å²) < 4.78 is 10.6. The molecule has 182 valence electrons. The zero-order valence-corrected chi connectivity index (χ0v) is 19.0. The summed E-state index contributed by atoms with van der Waals surface area (Å²) in [6.07, 6.45) is -0.384. The van der Waals surface area contributed by atoms with Crippen LogP contribution in [0.4, 0.5) is 9.59 Å². The molecule has 0 saturated carbocycles. The Kier molecular flexibility index (Phi) is 6.32. The third-order valence-electron chi connectivity index (χ3n) is 6.33. The van der Waals surface area contributed by atoms with Gasteiger partial charge in [0.2, 0.25) is 0 Å². The van der Waals surface area contributed by atoms with E-state index in [1.165, 1.54) is 34.1 Å². The van der Waals surface area contributed by atoms with E-state index >= 15 is 0 Å². The van der Waals surface area contributed by atoms with Gasteiger partial charge in [-0.05, 0) is 73.2 Å². The summed E-state index contributed by atoms with van der Waals surface area (Å²) in [5, 5.41) is 40.7. The largest absolute Gasteiger partial charge is 0.504 e. The number of rotatable bonds is 3. The van der Waals surface area contributed by atoms with Gasteiger partial charge in [-0.3, -0.25) is 9.80 Å². The molecule has 0 radical (unpaired) electrons. The van der Waals surface area contributed by atoms with Gasteiger partial charge in [-0.15, -0.1) is 0 Å². The van der Waals surface area contributed by atoms with Gasteiger partial charge < -0.3 is 29.9 Å². The molecule has 4 N–H and O–H groups in total. The van der Waals surface area contributed by atoms with Crippen molar-refractivity contribution in [3.63, 3.8) is 0 Å². The van der Waals surface area contributed by atoms with Gasteiger partial charge in [-0.25, -0.2) is 9.59 Å². The number of carbonyl (C=O) groups is 2. The molecule has 0 aliphatic carbocycles. The van der Waals surface area contributed by atoms with Gasteiger partial charge in [-0.2, -0.15) is 0 Å². The first-order valence-electron chi connectivity index (χ1n) is 11.2. The molecule has 2 aliphatic heterocycles. The number of carbonyl (C=O) groups excluding carboxylic acids is 2. The standard InChI is InChI=1S/C24H28N2O8/c1-3-33-23(31)25-7-5-13-9-17(27)19(29)11-15(13)21(25)22-16-12-20(30)18(28)10-14(16)6-8-26(22)24(32)34-4-2/h9-12,21-22,27-30H,3-8H2,1-2H3/t21-,22+.